The molecule has 0 radical (unpaired) electrons. The lowest BCUT2D eigenvalue weighted by Gasteiger charge is -2.26. The van der Waals surface area contributed by atoms with E-state index in [2.05, 4.69) is 6.07 Å². The molecule has 1 saturated heterocycles. The smallest absolute Gasteiger partial charge is 0.254 e. The Labute approximate surface area is 201 Å². The van der Waals surface area contributed by atoms with Crippen molar-refractivity contribution in [2.75, 3.05) is 27.9 Å². The average Bonchev–Trinajstić information content (AvgIpc) is 3.35. The molecule has 0 aliphatic carbocycles. The van der Waals surface area contributed by atoms with Gasteiger partial charge in [-0.25, -0.2) is 0 Å². The molecule has 34 heavy (non-hydrogen) atoms. The lowest BCUT2D eigenvalue weighted by molar-refractivity contribution is 0.0735. The summed E-state index contributed by atoms with van der Waals surface area (Å²) in [5.74, 6) is 2.23. The van der Waals surface area contributed by atoms with Crippen LogP contribution in [0.1, 0.15) is 34.3 Å². The van der Waals surface area contributed by atoms with Crippen molar-refractivity contribution in [1.82, 2.24) is 4.90 Å². The number of hydrogen-bond donors (Lipinski definition) is 0. The molecule has 1 unspecified atom stereocenters. The number of amides is 1. The molecule has 6 heteroatoms. The maximum atomic E-state index is 13.5. The van der Waals surface area contributed by atoms with E-state index >= 15 is 0 Å². The quantitative estimate of drug-likeness (QED) is 0.442. The third-order valence-electron chi connectivity index (χ3n) is 6.18. The molecule has 3 aromatic rings. The molecular formula is C28H31NO5. The summed E-state index contributed by atoms with van der Waals surface area (Å²) in [5, 5.41) is 0. The van der Waals surface area contributed by atoms with E-state index in [0.29, 0.717) is 29.4 Å². The molecule has 1 amide bonds. The van der Waals surface area contributed by atoms with E-state index < -0.39 is 0 Å². The van der Waals surface area contributed by atoms with E-state index in [0.717, 1.165) is 42.7 Å². The van der Waals surface area contributed by atoms with Crippen LogP contribution in [0.2, 0.25) is 0 Å². The summed E-state index contributed by atoms with van der Waals surface area (Å²) >= 11 is 0. The molecule has 0 N–H and O–H groups in total. The molecule has 0 spiro atoms. The fourth-order valence-corrected chi connectivity index (χ4v) is 4.43. The highest BCUT2D eigenvalue weighted by Crippen LogP contribution is 2.40. The topological polar surface area (TPSA) is 57.2 Å². The first-order valence-corrected chi connectivity index (χ1v) is 11.5. The highest BCUT2D eigenvalue weighted by atomic mass is 16.5. The number of hydrogen-bond acceptors (Lipinski definition) is 5. The molecule has 1 fully saturated rings. The van der Waals surface area contributed by atoms with E-state index in [1.165, 1.54) is 0 Å². The van der Waals surface area contributed by atoms with Crippen molar-refractivity contribution < 1.29 is 23.7 Å². The summed E-state index contributed by atoms with van der Waals surface area (Å²) in [7, 11) is 4.80. The van der Waals surface area contributed by atoms with Gasteiger partial charge in [-0.15, -0.1) is 0 Å². The van der Waals surface area contributed by atoms with Crippen molar-refractivity contribution in [2.45, 2.75) is 31.9 Å². The van der Waals surface area contributed by atoms with Gasteiger partial charge in [0.25, 0.3) is 5.91 Å². The summed E-state index contributed by atoms with van der Waals surface area (Å²) in [6.45, 7) is 1.10. The molecular weight excluding hydrogens is 430 g/mol. The van der Waals surface area contributed by atoms with Gasteiger partial charge in [0.1, 0.15) is 12.4 Å². The van der Waals surface area contributed by atoms with Crippen LogP contribution < -0.4 is 18.9 Å². The van der Waals surface area contributed by atoms with Crippen molar-refractivity contribution >= 4 is 5.91 Å². The minimum atomic E-state index is -0.0309. The number of carbonyl (C=O) groups is 1. The van der Waals surface area contributed by atoms with Gasteiger partial charge in [0, 0.05) is 18.2 Å². The van der Waals surface area contributed by atoms with Crippen LogP contribution in [0.15, 0.2) is 66.7 Å². The number of methoxy groups -OCH3 is 3. The van der Waals surface area contributed by atoms with E-state index in [1.807, 2.05) is 53.4 Å². The van der Waals surface area contributed by atoms with Crippen LogP contribution in [0.5, 0.6) is 23.0 Å². The maximum Gasteiger partial charge on any atom is 0.254 e. The Morgan fingerprint density at radius 3 is 2.26 bits per heavy atom. The molecule has 1 aliphatic heterocycles. The molecule has 0 aromatic heterocycles. The minimum absolute atomic E-state index is 0.0309. The van der Waals surface area contributed by atoms with Gasteiger partial charge in [0.05, 0.1) is 21.3 Å². The first kappa shape index (κ1) is 23.5. The Bertz CT molecular complexity index is 1090. The van der Waals surface area contributed by atoms with Crippen molar-refractivity contribution in [3.05, 3.63) is 83.4 Å². The Morgan fingerprint density at radius 1 is 0.882 bits per heavy atom. The van der Waals surface area contributed by atoms with Crippen LogP contribution in [0, 0.1) is 0 Å². The van der Waals surface area contributed by atoms with E-state index in [-0.39, 0.29) is 11.9 Å². The summed E-state index contributed by atoms with van der Waals surface area (Å²) < 4.78 is 22.6. The molecule has 1 atom stereocenters. The van der Waals surface area contributed by atoms with Crippen LogP contribution in [0.4, 0.5) is 0 Å². The molecule has 1 aliphatic rings. The molecule has 0 bridgehead atoms. The fraction of sp³-hybridized carbons (Fsp3) is 0.321. The number of ether oxygens (including phenoxy) is 4. The maximum absolute atomic E-state index is 13.5. The zero-order chi connectivity index (χ0) is 23.9. The Kier molecular flexibility index (Phi) is 7.58. The first-order valence-electron chi connectivity index (χ1n) is 11.5. The Morgan fingerprint density at radius 2 is 1.59 bits per heavy atom. The van der Waals surface area contributed by atoms with Crippen LogP contribution in [-0.4, -0.2) is 44.7 Å². The van der Waals surface area contributed by atoms with Gasteiger partial charge in [-0.05, 0) is 54.7 Å². The minimum Gasteiger partial charge on any atom is -0.497 e. The zero-order valence-electron chi connectivity index (χ0n) is 20.0. The monoisotopic (exact) mass is 461 g/mol. The van der Waals surface area contributed by atoms with Crippen LogP contribution >= 0.6 is 0 Å². The normalized spacial score (nSPS) is 15.1. The average molecular weight is 462 g/mol. The predicted octanol–water partition coefficient (Wildman–Crippen LogP) is 5.14. The number of likely N-dealkylation sites (tertiary alicyclic amines) is 1. The lowest BCUT2D eigenvalue weighted by atomic mass is 10.0. The fourth-order valence-electron chi connectivity index (χ4n) is 4.43. The van der Waals surface area contributed by atoms with Crippen molar-refractivity contribution in [2.24, 2.45) is 0 Å². The summed E-state index contributed by atoms with van der Waals surface area (Å²) in [6, 6.07) is 21.5. The van der Waals surface area contributed by atoms with Crippen LogP contribution in [0.3, 0.4) is 0 Å². The van der Waals surface area contributed by atoms with E-state index in [9.17, 15) is 4.79 Å². The summed E-state index contributed by atoms with van der Waals surface area (Å²) in [5.41, 5.74) is 2.71. The molecule has 178 valence electrons. The molecule has 4 rings (SSSR count). The Hall–Kier alpha value is -3.67. The predicted molar refractivity (Wildman–Crippen MR) is 131 cm³/mol. The van der Waals surface area contributed by atoms with Gasteiger partial charge >= 0.3 is 0 Å². The van der Waals surface area contributed by atoms with Gasteiger partial charge in [-0.1, -0.05) is 42.5 Å². The van der Waals surface area contributed by atoms with E-state index in [1.54, 1.807) is 33.5 Å². The number of carbonyl (C=O) groups excluding carboxylic acids is 1. The second-order valence-corrected chi connectivity index (χ2v) is 8.33. The van der Waals surface area contributed by atoms with E-state index in [4.69, 9.17) is 18.9 Å². The zero-order valence-corrected chi connectivity index (χ0v) is 20.0. The molecule has 6 nitrogen and oxygen atoms in total. The van der Waals surface area contributed by atoms with Crippen LogP contribution in [-0.2, 0) is 13.0 Å². The van der Waals surface area contributed by atoms with Crippen molar-refractivity contribution in [3.8, 4) is 23.0 Å². The summed E-state index contributed by atoms with van der Waals surface area (Å²) in [6.07, 6.45) is 2.73. The third-order valence-corrected chi connectivity index (χ3v) is 6.18. The second kappa shape index (κ2) is 11.0. The Balaban J connectivity index is 1.54. The van der Waals surface area contributed by atoms with Gasteiger partial charge in [0.2, 0.25) is 5.75 Å². The molecule has 1 heterocycles. The summed E-state index contributed by atoms with van der Waals surface area (Å²) in [4.78, 5) is 15.5. The van der Waals surface area contributed by atoms with Gasteiger partial charge in [-0.3, -0.25) is 4.79 Å². The van der Waals surface area contributed by atoms with Crippen molar-refractivity contribution in [1.29, 1.82) is 0 Å². The highest BCUT2D eigenvalue weighted by molar-refractivity contribution is 5.96. The van der Waals surface area contributed by atoms with Crippen molar-refractivity contribution in [3.63, 3.8) is 0 Å². The van der Waals surface area contributed by atoms with Gasteiger partial charge in [-0.2, -0.15) is 0 Å². The second-order valence-electron chi connectivity index (χ2n) is 8.33. The highest BCUT2D eigenvalue weighted by Gasteiger charge is 2.31. The largest absolute Gasteiger partial charge is 0.497 e. The SMILES string of the molecule is COc1cccc(CC2CCCN2C(=O)c2cc(OC)c(OCc3ccccc3)c(OC)c2)c1. The standard InChI is InChI=1S/C28H31NO5/c1-31-24-13-7-11-21(16-24)15-23-12-8-14-29(23)28(30)22-17-25(32-2)27(26(18-22)33-3)34-19-20-9-5-4-6-10-20/h4-7,9-11,13,16-18,23H,8,12,14-15,19H2,1-3H3. The van der Waals surface area contributed by atoms with Gasteiger partial charge in [0.15, 0.2) is 11.5 Å². The first-order chi connectivity index (χ1) is 16.6. The number of rotatable bonds is 9. The number of nitrogens with zero attached hydrogens (tertiary/aromatic N) is 1. The molecule has 3 aromatic carbocycles. The lowest BCUT2D eigenvalue weighted by Crippen LogP contribution is -2.36. The number of benzene rings is 3. The van der Waals surface area contributed by atoms with Crippen LogP contribution in [0.25, 0.3) is 0 Å². The van der Waals surface area contributed by atoms with Gasteiger partial charge < -0.3 is 23.8 Å². The molecule has 0 saturated carbocycles. The third kappa shape index (κ3) is 5.28.